The number of rotatable bonds is 9. The van der Waals surface area contributed by atoms with E-state index in [9.17, 15) is 4.79 Å². The molecule has 0 saturated heterocycles. The Morgan fingerprint density at radius 2 is 1.56 bits per heavy atom. The van der Waals surface area contributed by atoms with Crippen LogP contribution in [0.15, 0.2) is 0 Å². The summed E-state index contributed by atoms with van der Waals surface area (Å²) in [6.45, 7) is 8.87. The summed E-state index contributed by atoms with van der Waals surface area (Å²) < 4.78 is 3.07. The number of nitrogens with one attached hydrogen (secondary N) is 2. The van der Waals surface area contributed by atoms with Crippen molar-refractivity contribution < 1.29 is 4.79 Å². The molecule has 0 bridgehead atoms. The van der Waals surface area contributed by atoms with Crippen molar-refractivity contribution >= 4 is 18.2 Å². The van der Waals surface area contributed by atoms with E-state index in [0.717, 1.165) is 6.29 Å². The molecule has 0 aromatic rings. The lowest BCUT2D eigenvalue weighted by molar-refractivity contribution is -0.110. The third-order valence-electron chi connectivity index (χ3n) is 1.84. The summed E-state index contributed by atoms with van der Waals surface area (Å²) in [6, 6.07) is 0. The van der Waals surface area contributed by atoms with Crippen LogP contribution in [0.3, 0.4) is 0 Å². The van der Waals surface area contributed by atoms with Crippen molar-refractivity contribution in [2.45, 2.75) is 53.4 Å². The maximum Gasteiger partial charge on any atom is 0.122 e. The van der Waals surface area contributed by atoms with Gasteiger partial charge in [-0.25, -0.2) is 0 Å². The Hall–Kier alpha value is -0.0600. The largest absolute Gasteiger partial charge is 0.320 e. The molecule has 0 aliphatic carbocycles. The van der Waals surface area contributed by atoms with Gasteiger partial charge in [0.05, 0.1) is 0 Å². The quantitative estimate of drug-likeness (QED) is 0.385. The Morgan fingerprint density at radius 3 is 1.94 bits per heavy atom. The number of aldehydes is 1. The zero-order valence-electron chi connectivity index (χ0n) is 13.2. The van der Waals surface area contributed by atoms with Crippen LogP contribution in [-0.4, -0.2) is 32.7 Å². The molecule has 0 atom stereocenters. The fraction of sp³-hybridized carbons (Fsp3) is 0.929. The van der Waals surface area contributed by atoms with Crippen LogP contribution in [0.4, 0.5) is 0 Å². The molecule has 0 amide bonds. The Balaban J connectivity index is -0.000000270. The molecular weight excluding hydrogens is 244 g/mol. The van der Waals surface area contributed by atoms with Gasteiger partial charge in [-0.05, 0) is 33.5 Å². The van der Waals surface area contributed by atoms with E-state index in [2.05, 4.69) is 10.0 Å². The zero-order valence-corrected chi connectivity index (χ0v) is 14.0. The van der Waals surface area contributed by atoms with Crippen LogP contribution in [0.1, 0.15) is 53.4 Å². The minimum absolute atomic E-state index is 0.204. The molecule has 0 aromatic carbocycles. The first-order valence-corrected chi connectivity index (χ1v) is 8.06. The summed E-state index contributed by atoms with van der Waals surface area (Å²) in [7, 11) is 3.99. The third-order valence-corrected chi connectivity index (χ3v) is 2.62. The van der Waals surface area contributed by atoms with Crippen molar-refractivity contribution in [3.05, 3.63) is 0 Å². The number of carbonyl (C=O) groups excluding carboxylic acids is 1. The van der Waals surface area contributed by atoms with Crippen LogP contribution < -0.4 is 10.0 Å². The van der Waals surface area contributed by atoms with Gasteiger partial charge in [0.2, 0.25) is 0 Å². The lowest BCUT2D eigenvalue weighted by atomic mass is 10.2. The molecule has 0 heterocycles. The van der Waals surface area contributed by atoms with E-state index in [1.165, 1.54) is 38.0 Å². The van der Waals surface area contributed by atoms with Gasteiger partial charge in [0.1, 0.15) is 6.29 Å². The molecule has 0 unspecified atom stereocenters. The normalized spacial score (nSPS) is 9.06. The highest BCUT2D eigenvalue weighted by Gasteiger charge is 1.88. The van der Waals surface area contributed by atoms with Crippen molar-refractivity contribution in [3.63, 3.8) is 0 Å². The molecule has 0 rings (SSSR count). The first kappa shape index (κ1) is 23.1. The van der Waals surface area contributed by atoms with Crippen molar-refractivity contribution in [2.24, 2.45) is 5.92 Å². The predicted octanol–water partition coefficient (Wildman–Crippen LogP) is 3.50. The first-order chi connectivity index (χ1) is 8.68. The number of hydrogen-bond acceptors (Lipinski definition) is 4. The molecule has 3 nitrogen and oxygen atoms in total. The van der Waals surface area contributed by atoms with Crippen LogP contribution in [0.25, 0.3) is 0 Å². The SMILES string of the molecule is CC.CC(C)C=O.CNCCCCCCSNC. The van der Waals surface area contributed by atoms with E-state index < -0.39 is 0 Å². The average Bonchev–Trinajstić information content (AvgIpc) is 2.41. The molecule has 0 radical (unpaired) electrons. The first-order valence-electron chi connectivity index (χ1n) is 7.07. The molecule has 0 aliphatic rings. The van der Waals surface area contributed by atoms with Crippen LogP contribution in [0.2, 0.25) is 0 Å². The smallest absolute Gasteiger partial charge is 0.122 e. The summed E-state index contributed by atoms with van der Waals surface area (Å²) >= 11 is 1.81. The van der Waals surface area contributed by atoms with E-state index >= 15 is 0 Å². The second kappa shape index (κ2) is 25.7. The summed E-state index contributed by atoms with van der Waals surface area (Å²) in [6.07, 6.45) is 6.32. The minimum Gasteiger partial charge on any atom is -0.320 e. The van der Waals surface area contributed by atoms with Crippen molar-refractivity contribution in [1.29, 1.82) is 0 Å². The molecule has 0 fully saturated rings. The van der Waals surface area contributed by atoms with Crippen LogP contribution in [-0.2, 0) is 4.79 Å². The van der Waals surface area contributed by atoms with Crippen molar-refractivity contribution in [2.75, 3.05) is 26.4 Å². The standard InChI is InChI=1S/C8H20N2S.C4H8O.C2H6/c1-9-7-5-3-4-6-8-11-10-2;1-4(2)3-5;1-2/h9-10H,3-8H2,1-2H3;3-4H,1-2H3;1-2H3. The fourth-order valence-corrected chi connectivity index (χ4v) is 1.48. The second-order valence-electron chi connectivity index (χ2n) is 3.95. The fourth-order valence-electron chi connectivity index (χ4n) is 0.932. The average molecular weight is 279 g/mol. The van der Waals surface area contributed by atoms with Gasteiger partial charge >= 0.3 is 0 Å². The molecule has 18 heavy (non-hydrogen) atoms. The number of hydrogen-bond donors (Lipinski definition) is 2. The number of unbranched alkanes of at least 4 members (excludes halogenated alkanes) is 3. The minimum atomic E-state index is 0.204. The van der Waals surface area contributed by atoms with Gasteiger partial charge in [-0.1, -0.05) is 52.5 Å². The summed E-state index contributed by atoms with van der Waals surface area (Å²) in [5.41, 5.74) is 0. The van der Waals surface area contributed by atoms with E-state index in [1.807, 2.05) is 41.8 Å². The summed E-state index contributed by atoms with van der Waals surface area (Å²) in [5, 5.41) is 3.15. The van der Waals surface area contributed by atoms with Gasteiger partial charge < -0.3 is 10.1 Å². The molecule has 0 aromatic heterocycles. The van der Waals surface area contributed by atoms with Gasteiger partial charge in [0, 0.05) is 11.7 Å². The van der Waals surface area contributed by atoms with E-state index in [4.69, 9.17) is 0 Å². The molecule has 0 saturated carbocycles. The molecule has 0 spiro atoms. The van der Waals surface area contributed by atoms with Crippen LogP contribution in [0.5, 0.6) is 0 Å². The molecule has 0 aliphatic heterocycles. The van der Waals surface area contributed by atoms with Crippen LogP contribution in [0, 0.1) is 5.92 Å². The molecular formula is C14H34N2OS. The topological polar surface area (TPSA) is 41.1 Å². The maximum atomic E-state index is 9.50. The Kier molecular flexibility index (Phi) is 32.9. The Morgan fingerprint density at radius 1 is 1.06 bits per heavy atom. The van der Waals surface area contributed by atoms with E-state index in [0.29, 0.717) is 0 Å². The molecule has 4 heteroatoms. The summed E-state index contributed by atoms with van der Waals surface area (Å²) in [5.74, 6) is 1.45. The lowest BCUT2D eigenvalue weighted by Gasteiger charge is -2.00. The number of carbonyl (C=O) groups is 1. The lowest BCUT2D eigenvalue weighted by Crippen LogP contribution is -2.07. The summed E-state index contributed by atoms with van der Waals surface area (Å²) in [4.78, 5) is 9.50. The van der Waals surface area contributed by atoms with Gasteiger partial charge in [-0.15, -0.1) is 0 Å². The van der Waals surface area contributed by atoms with Crippen LogP contribution >= 0.6 is 11.9 Å². The van der Waals surface area contributed by atoms with Gasteiger partial charge in [-0.2, -0.15) is 0 Å². The monoisotopic (exact) mass is 278 g/mol. The van der Waals surface area contributed by atoms with Gasteiger partial charge in [0.15, 0.2) is 0 Å². The Labute approximate surface area is 119 Å². The predicted molar refractivity (Wildman–Crippen MR) is 86.2 cm³/mol. The maximum absolute atomic E-state index is 9.50. The highest BCUT2D eigenvalue weighted by atomic mass is 32.2. The Bertz CT molecular complexity index is 125. The second-order valence-corrected chi connectivity index (χ2v) is 5.06. The van der Waals surface area contributed by atoms with Crippen molar-refractivity contribution in [3.8, 4) is 0 Å². The van der Waals surface area contributed by atoms with Gasteiger partial charge in [0.25, 0.3) is 0 Å². The third kappa shape index (κ3) is 36.0. The van der Waals surface area contributed by atoms with E-state index in [-0.39, 0.29) is 5.92 Å². The highest BCUT2D eigenvalue weighted by molar-refractivity contribution is 7.97. The van der Waals surface area contributed by atoms with Crippen molar-refractivity contribution in [1.82, 2.24) is 10.0 Å². The van der Waals surface area contributed by atoms with Gasteiger partial charge in [-0.3, -0.25) is 4.72 Å². The molecule has 2 N–H and O–H groups in total. The molecule has 112 valence electrons. The highest BCUT2D eigenvalue weighted by Crippen LogP contribution is 2.03. The van der Waals surface area contributed by atoms with E-state index in [1.54, 1.807) is 11.9 Å². The zero-order chi connectivity index (χ0) is 14.6.